The van der Waals surface area contributed by atoms with E-state index in [1.54, 1.807) is 15.5 Å². The quantitative estimate of drug-likeness (QED) is 0.505. The van der Waals surface area contributed by atoms with Crippen LogP contribution in [0.15, 0.2) is 42.5 Å². The van der Waals surface area contributed by atoms with Crippen LogP contribution in [0, 0.1) is 12.4 Å². The molecule has 1 saturated carbocycles. The highest BCUT2D eigenvalue weighted by Gasteiger charge is 2.31. The van der Waals surface area contributed by atoms with E-state index in [0.717, 1.165) is 25.7 Å². The number of halogens is 1. The zero-order valence-electron chi connectivity index (χ0n) is 19.7. The van der Waals surface area contributed by atoms with Gasteiger partial charge in [-0.2, -0.15) is 0 Å². The number of carboxylic acids is 1. The molecule has 0 radical (unpaired) electrons. The lowest BCUT2D eigenvalue weighted by molar-refractivity contribution is -0.136. The van der Waals surface area contributed by atoms with Crippen molar-refractivity contribution in [1.82, 2.24) is 14.5 Å². The minimum atomic E-state index is -1.11. The zero-order chi connectivity index (χ0) is 25.4. The molecule has 1 amide bonds. The third-order valence-electron chi connectivity index (χ3n) is 6.77. The number of hydrogen-bond acceptors (Lipinski definition) is 4. The van der Waals surface area contributed by atoms with Crippen LogP contribution in [0.1, 0.15) is 53.3 Å². The van der Waals surface area contributed by atoms with E-state index in [1.807, 2.05) is 24.3 Å². The lowest BCUT2D eigenvalue weighted by atomic mass is 10.1. The largest absolute Gasteiger partial charge is 0.481 e. The Labute approximate surface area is 208 Å². The van der Waals surface area contributed by atoms with Crippen molar-refractivity contribution in [2.24, 2.45) is 5.73 Å². The van der Waals surface area contributed by atoms with Gasteiger partial charge in [-0.3, -0.25) is 14.2 Å². The summed E-state index contributed by atoms with van der Waals surface area (Å²) in [5.74, 6) is -1.44. The van der Waals surface area contributed by atoms with Crippen molar-refractivity contribution in [2.75, 3.05) is 13.1 Å². The molecule has 8 nitrogen and oxygen atoms in total. The van der Waals surface area contributed by atoms with Crippen LogP contribution < -0.4 is 5.73 Å². The minimum Gasteiger partial charge on any atom is -0.481 e. The monoisotopic (exact) mass is 487 g/mol. The van der Waals surface area contributed by atoms with Gasteiger partial charge in [-0.15, -0.1) is 0 Å². The first kappa shape index (κ1) is 23.7. The fourth-order valence-corrected chi connectivity index (χ4v) is 4.80. The number of aliphatic carboxylic acids is 1. The van der Waals surface area contributed by atoms with Crippen molar-refractivity contribution in [3.63, 3.8) is 0 Å². The van der Waals surface area contributed by atoms with Gasteiger partial charge in [0, 0.05) is 30.4 Å². The molecule has 36 heavy (non-hydrogen) atoms. The number of carbonyl (C=O) groups excluding carboxylic acids is 1. The summed E-state index contributed by atoms with van der Waals surface area (Å²) in [4.78, 5) is 34.9. The summed E-state index contributed by atoms with van der Waals surface area (Å²) in [5.41, 5.74) is 8.36. The Balaban J connectivity index is 1.69. The van der Waals surface area contributed by atoms with Gasteiger partial charge < -0.3 is 15.7 Å². The van der Waals surface area contributed by atoms with Gasteiger partial charge in [0.25, 0.3) is 5.91 Å². The molecule has 5 rings (SSSR count). The van der Waals surface area contributed by atoms with Gasteiger partial charge in [-0.05, 0) is 55.4 Å². The Kier molecular flexibility index (Phi) is 6.29. The molecular formula is C27H26FN5O3. The van der Waals surface area contributed by atoms with Gasteiger partial charge in [-0.25, -0.2) is 14.2 Å². The SMILES string of the molecule is [C-]#[N+]c1ccc(-c2nc(C(=O)N3CCC[C@@H](N)C3)c(CC(=O)O)n2-c2ccc(C3CC3)cc2)cc1F. The molecule has 1 atom stereocenters. The van der Waals surface area contributed by atoms with Gasteiger partial charge in [0.1, 0.15) is 11.6 Å². The van der Waals surface area contributed by atoms with Gasteiger partial charge >= 0.3 is 5.97 Å². The van der Waals surface area contributed by atoms with Crippen molar-refractivity contribution in [1.29, 1.82) is 0 Å². The van der Waals surface area contributed by atoms with Crippen LogP contribution in [-0.2, 0) is 11.2 Å². The molecule has 1 aliphatic carbocycles. The van der Waals surface area contributed by atoms with Crippen molar-refractivity contribution < 1.29 is 19.1 Å². The Morgan fingerprint density at radius 3 is 2.53 bits per heavy atom. The van der Waals surface area contributed by atoms with Crippen LogP contribution in [0.25, 0.3) is 21.9 Å². The summed E-state index contributed by atoms with van der Waals surface area (Å²) in [5, 5.41) is 9.74. The second-order valence-corrected chi connectivity index (χ2v) is 9.43. The normalized spacial score (nSPS) is 17.6. The Morgan fingerprint density at radius 1 is 1.17 bits per heavy atom. The number of piperidine rings is 1. The highest BCUT2D eigenvalue weighted by Crippen LogP contribution is 2.40. The predicted molar refractivity (Wildman–Crippen MR) is 132 cm³/mol. The van der Waals surface area contributed by atoms with E-state index in [0.29, 0.717) is 30.3 Å². The summed E-state index contributed by atoms with van der Waals surface area (Å²) in [6.07, 6.45) is 3.40. The summed E-state index contributed by atoms with van der Waals surface area (Å²) in [6, 6.07) is 11.7. The van der Waals surface area contributed by atoms with E-state index in [4.69, 9.17) is 12.3 Å². The highest BCUT2D eigenvalue weighted by molar-refractivity contribution is 5.96. The van der Waals surface area contributed by atoms with Crippen molar-refractivity contribution in [3.05, 3.63) is 76.7 Å². The first-order chi connectivity index (χ1) is 17.4. The highest BCUT2D eigenvalue weighted by atomic mass is 19.1. The molecule has 2 heterocycles. The number of likely N-dealkylation sites (tertiary alicyclic amines) is 1. The minimum absolute atomic E-state index is 0.0161. The van der Waals surface area contributed by atoms with Crippen LogP contribution in [0.2, 0.25) is 0 Å². The third kappa shape index (κ3) is 4.60. The van der Waals surface area contributed by atoms with Gasteiger partial charge in [0.05, 0.1) is 18.7 Å². The third-order valence-corrected chi connectivity index (χ3v) is 6.77. The maximum atomic E-state index is 14.6. The van der Waals surface area contributed by atoms with E-state index in [1.165, 1.54) is 17.7 Å². The number of imidazole rings is 1. The van der Waals surface area contributed by atoms with Crippen molar-refractivity contribution in [3.8, 4) is 17.1 Å². The number of rotatable bonds is 6. The van der Waals surface area contributed by atoms with Crippen molar-refractivity contribution in [2.45, 2.75) is 44.1 Å². The maximum Gasteiger partial charge on any atom is 0.309 e. The average Bonchev–Trinajstić information content (AvgIpc) is 3.65. The molecule has 1 aliphatic heterocycles. The number of hydrogen-bond donors (Lipinski definition) is 2. The standard InChI is InChI=1S/C27H26FN5O3/c1-30-22-11-8-18(13-21(22)28)26-31-25(27(36)32-12-2-3-19(29)15-32)23(14-24(34)35)33(26)20-9-6-17(7-10-20)16-4-5-16/h6-11,13,16,19H,2-5,12,14-15,29H2,(H,34,35)/t19-/m1/s1. The first-order valence-corrected chi connectivity index (χ1v) is 12.0. The molecular weight excluding hydrogens is 461 g/mol. The summed E-state index contributed by atoms with van der Waals surface area (Å²) < 4.78 is 16.2. The zero-order valence-corrected chi connectivity index (χ0v) is 19.7. The Bertz CT molecular complexity index is 1370. The van der Waals surface area contributed by atoms with Crippen LogP contribution in [-0.4, -0.2) is 50.6 Å². The molecule has 0 bridgehead atoms. The first-order valence-electron chi connectivity index (χ1n) is 12.0. The number of aromatic nitrogens is 2. The predicted octanol–water partition coefficient (Wildman–Crippen LogP) is 4.30. The molecule has 2 aliphatic rings. The van der Waals surface area contributed by atoms with Gasteiger partial charge in [0.2, 0.25) is 5.69 Å². The molecule has 2 aromatic carbocycles. The smallest absolute Gasteiger partial charge is 0.309 e. The molecule has 1 aromatic heterocycles. The molecule has 0 spiro atoms. The number of nitrogens with zero attached hydrogens (tertiary/aromatic N) is 4. The number of nitrogens with two attached hydrogens (primary N) is 1. The second kappa shape index (κ2) is 9.55. The molecule has 3 aromatic rings. The lowest BCUT2D eigenvalue weighted by Gasteiger charge is -2.30. The fourth-order valence-electron chi connectivity index (χ4n) is 4.80. The molecule has 9 heteroatoms. The molecule has 184 valence electrons. The molecule has 1 saturated heterocycles. The van der Waals surface area contributed by atoms with Crippen LogP contribution in [0.5, 0.6) is 0 Å². The number of carbonyl (C=O) groups is 2. The number of carboxylic acid groups (broad SMARTS) is 1. The van der Waals surface area contributed by atoms with E-state index in [-0.39, 0.29) is 28.9 Å². The summed E-state index contributed by atoms with van der Waals surface area (Å²) in [6.45, 7) is 8.00. The molecule has 2 fully saturated rings. The lowest BCUT2D eigenvalue weighted by Crippen LogP contribution is -2.46. The number of amides is 1. The fraction of sp³-hybridized carbons (Fsp3) is 0.333. The van der Waals surface area contributed by atoms with E-state index in [2.05, 4.69) is 9.83 Å². The van der Waals surface area contributed by atoms with Crippen molar-refractivity contribution >= 4 is 17.6 Å². The van der Waals surface area contributed by atoms with E-state index in [9.17, 15) is 19.1 Å². The number of benzene rings is 2. The van der Waals surface area contributed by atoms with Gasteiger partial charge in [0.15, 0.2) is 5.69 Å². The summed E-state index contributed by atoms with van der Waals surface area (Å²) in [7, 11) is 0. The average molecular weight is 488 g/mol. The van der Waals surface area contributed by atoms with Gasteiger partial charge in [-0.1, -0.05) is 24.3 Å². The Morgan fingerprint density at radius 2 is 1.92 bits per heavy atom. The van der Waals surface area contributed by atoms with E-state index < -0.39 is 24.1 Å². The Hall–Kier alpha value is -4.03. The summed E-state index contributed by atoms with van der Waals surface area (Å²) >= 11 is 0. The van der Waals surface area contributed by atoms with Crippen LogP contribution in [0.3, 0.4) is 0 Å². The maximum absolute atomic E-state index is 14.6. The molecule has 0 unspecified atom stereocenters. The second-order valence-electron chi connectivity index (χ2n) is 9.43. The topological polar surface area (TPSA) is 106 Å². The van der Waals surface area contributed by atoms with Crippen LogP contribution >= 0.6 is 0 Å². The van der Waals surface area contributed by atoms with Crippen LogP contribution in [0.4, 0.5) is 10.1 Å². The van der Waals surface area contributed by atoms with E-state index >= 15 is 0 Å². The molecule has 3 N–H and O–H groups in total.